The van der Waals surface area contributed by atoms with Crippen molar-refractivity contribution in [1.82, 2.24) is 15.3 Å². The number of aromatic nitrogens is 2. The van der Waals surface area contributed by atoms with E-state index in [4.69, 9.17) is 0 Å². The van der Waals surface area contributed by atoms with Crippen LogP contribution in [0.5, 0.6) is 0 Å². The largest absolute Gasteiger partial charge is 0.372 e. The monoisotopic (exact) mass is 353 g/mol. The molecule has 6 nitrogen and oxygen atoms in total. The summed E-state index contributed by atoms with van der Waals surface area (Å²) in [7, 11) is 0. The first-order valence-electron chi connectivity index (χ1n) is 9.27. The highest BCUT2D eigenvalue weighted by molar-refractivity contribution is 5.92. The van der Waals surface area contributed by atoms with Gasteiger partial charge in [0, 0.05) is 36.7 Å². The van der Waals surface area contributed by atoms with Crippen LogP contribution in [0.3, 0.4) is 0 Å². The highest BCUT2D eigenvalue weighted by atomic mass is 16.1. The van der Waals surface area contributed by atoms with Crippen LogP contribution >= 0.6 is 0 Å². The van der Waals surface area contributed by atoms with Gasteiger partial charge in [-0.1, -0.05) is 13.8 Å². The fourth-order valence-electron chi connectivity index (χ4n) is 2.99. The van der Waals surface area contributed by atoms with E-state index >= 15 is 0 Å². The van der Waals surface area contributed by atoms with Crippen LogP contribution in [0.25, 0.3) is 0 Å². The van der Waals surface area contributed by atoms with Crippen LogP contribution in [0.4, 0.5) is 17.3 Å². The molecule has 2 heterocycles. The molecule has 1 fully saturated rings. The van der Waals surface area contributed by atoms with Crippen molar-refractivity contribution in [3.63, 3.8) is 0 Å². The summed E-state index contributed by atoms with van der Waals surface area (Å²) < 4.78 is 0. The molecule has 1 amide bonds. The van der Waals surface area contributed by atoms with Crippen LogP contribution in [0, 0.1) is 12.8 Å². The number of hydrogen-bond acceptors (Lipinski definition) is 5. The van der Waals surface area contributed by atoms with Crippen LogP contribution < -0.4 is 15.5 Å². The lowest BCUT2D eigenvalue weighted by atomic mass is 10.2. The SMILES string of the molecule is Cc1cc(C(=O)NCC(C)C)nc(Nc2ccc(N3CCCC3)cc2)n1. The molecule has 1 aliphatic heterocycles. The summed E-state index contributed by atoms with van der Waals surface area (Å²) in [4.78, 5) is 23.4. The van der Waals surface area contributed by atoms with Gasteiger partial charge >= 0.3 is 0 Å². The van der Waals surface area contributed by atoms with Gasteiger partial charge in [0.2, 0.25) is 5.95 Å². The summed E-state index contributed by atoms with van der Waals surface area (Å²) in [5.74, 6) is 0.666. The van der Waals surface area contributed by atoms with E-state index in [1.54, 1.807) is 6.07 Å². The van der Waals surface area contributed by atoms with Gasteiger partial charge in [0.05, 0.1) is 0 Å². The number of hydrogen-bond donors (Lipinski definition) is 2. The van der Waals surface area contributed by atoms with Crippen molar-refractivity contribution in [2.75, 3.05) is 29.9 Å². The molecule has 0 unspecified atom stereocenters. The second-order valence-electron chi connectivity index (χ2n) is 7.19. The maximum Gasteiger partial charge on any atom is 0.270 e. The second kappa shape index (κ2) is 8.17. The Labute approximate surface area is 155 Å². The topological polar surface area (TPSA) is 70.2 Å². The van der Waals surface area contributed by atoms with Crippen molar-refractivity contribution in [1.29, 1.82) is 0 Å². The van der Waals surface area contributed by atoms with E-state index < -0.39 is 0 Å². The van der Waals surface area contributed by atoms with Crippen LogP contribution in [-0.4, -0.2) is 35.5 Å². The number of nitrogens with one attached hydrogen (secondary N) is 2. The standard InChI is InChI=1S/C20H27N5O/c1-14(2)13-21-19(26)18-12-15(3)22-20(24-18)23-16-6-8-17(9-7-16)25-10-4-5-11-25/h6-9,12,14H,4-5,10-11,13H2,1-3H3,(H,21,26)(H,22,23,24). The summed E-state index contributed by atoms with van der Waals surface area (Å²) in [5.41, 5.74) is 3.29. The van der Waals surface area contributed by atoms with Crippen LogP contribution in [-0.2, 0) is 0 Å². The lowest BCUT2D eigenvalue weighted by molar-refractivity contribution is 0.0944. The molecule has 26 heavy (non-hydrogen) atoms. The van der Waals surface area contributed by atoms with Gasteiger partial charge in [0.15, 0.2) is 0 Å². The molecule has 2 N–H and O–H groups in total. The molecular formula is C20H27N5O. The zero-order valence-electron chi connectivity index (χ0n) is 15.7. The van der Waals surface area contributed by atoms with E-state index in [1.807, 2.05) is 19.1 Å². The summed E-state index contributed by atoms with van der Waals surface area (Å²) in [6, 6.07) is 9.98. The first-order chi connectivity index (χ1) is 12.5. The van der Waals surface area contributed by atoms with Gasteiger partial charge in [-0.2, -0.15) is 0 Å². The Hall–Kier alpha value is -2.63. The molecule has 138 valence electrons. The van der Waals surface area contributed by atoms with Crippen LogP contribution in [0.15, 0.2) is 30.3 Å². The Balaban J connectivity index is 1.70. The third-order valence-electron chi connectivity index (χ3n) is 4.35. The summed E-state index contributed by atoms with van der Waals surface area (Å²) in [5, 5.41) is 6.09. The third kappa shape index (κ3) is 4.71. The predicted molar refractivity (Wildman–Crippen MR) is 105 cm³/mol. The number of benzene rings is 1. The fraction of sp³-hybridized carbons (Fsp3) is 0.450. The van der Waals surface area contributed by atoms with E-state index in [-0.39, 0.29) is 5.91 Å². The number of rotatable bonds is 6. The van der Waals surface area contributed by atoms with Gasteiger partial charge in [-0.25, -0.2) is 9.97 Å². The van der Waals surface area contributed by atoms with Crippen molar-refractivity contribution in [2.24, 2.45) is 5.92 Å². The fourth-order valence-corrected chi connectivity index (χ4v) is 2.99. The molecule has 0 aliphatic carbocycles. The Morgan fingerprint density at radius 1 is 1.15 bits per heavy atom. The molecule has 0 bridgehead atoms. The molecule has 0 radical (unpaired) electrons. The average Bonchev–Trinajstić information content (AvgIpc) is 3.14. The first-order valence-corrected chi connectivity index (χ1v) is 9.27. The minimum atomic E-state index is -0.170. The normalized spacial score (nSPS) is 13.9. The molecule has 1 saturated heterocycles. The van der Waals surface area contributed by atoms with Gasteiger partial charge in [-0.3, -0.25) is 4.79 Å². The Kier molecular flexibility index (Phi) is 5.71. The smallest absolute Gasteiger partial charge is 0.270 e. The molecule has 0 spiro atoms. The first kappa shape index (κ1) is 18.2. The highest BCUT2D eigenvalue weighted by Crippen LogP contribution is 2.23. The minimum absolute atomic E-state index is 0.170. The zero-order valence-corrected chi connectivity index (χ0v) is 15.7. The Bertz CT molecular complexity index is 751. The van der Waals surface area contributed by atoms with Crippen molar-refractivity contribution in [2.45, 2.75) is 33.6 Å². The summed E-state index contributed by atoms with van der Waals surface area (Å²) in [6.07, 6.45) is 2.53. The Morgan fingerprint density at radius 3 is 2.50 bits per heavy atom. The molecule has 6 heteroatoms. The number of carbonyl (C=O) groups is 1. The molecule has 1 aliphatic rings. The lowest BCUT2D eigenvalue weighted by Gasteiger charge is -2.17. The Morgan fingerprint density at radius 2 is 1.85 bits per heavy atom. The van der Waals surface area contributed by atoms with E-state index in [0.29, 0.717) is 24.1 Å². The van der Waals surface area contributed by atoms with Gasteiger partial charge in [-0.15, -0.1) is 0 Å². The van der Waals surface area contributed by atoms with E-state index in [2.05, 4.69) is 51.5 Å². The van der Waals surface area contributed by atoms with Gasteiger partial charge < -0.3 is 15.5 Å². The summed E-state index contributed by atoms with van der Waals surface area (Å²) >= 11 is 0. The van der Waals surface area contributed by atoms with Crippen LogP contribution in [0.1, 0.15) is 42.9 Å². The number of nitrogens with zero attached hydrogens (tertiary/aromatic N) is 3. The lowest BCUT2D eigenvalue weighted by Crippen LogP contribution is -2.28. The molecule has 1 aromatic heterocycles. The maximum atomic E-state index is 12.3. The number of amides is 1. The third-order valence-corrected chi connectivity index (χ3v) is 4.35. The highest BCUT2D eigenvalue weighted by Gasteiger charge is 2.13. The molecule has 1 aromatic carbocycles. The quantitative estimate of drug-likeness (QED) is 0.831. The minimum Gasteiger partial charge on any atom is -0.372 e. The molecular weight excluding hydrogens is 326 g/mol. The number of anilines is 3. The van der Waals surface area contributed by atoms with Gasteiger partial charge in [-0.05, 0) is 56.0 Å². The second-order valence-corrected chi connectivity index (χ2v) is 7.19. The van der Waals surface area contributed by atoms with Crippen molar-refractivity contribution in [3.05, 3.63) is 41.7 Å². The zero-order chi connectivity index (χ0) is 18.5. The van der Waals surface area contributed by atoms with E-state index in [9.17, 15) is 4.79 Å². The van der Waals surface area contributed by atoms with Gasteiger partial charge in [0.25, 0.3) is 5.91 Å². The average molecular weight is 353 g/mol. The van der Waals surface area contributed by atoms with Crippen LogP contribution in [0.2, 0.25) is 0 Å². The maximum absolute atomic E-state index is 12.3. The number of carbonyl (C=O) groups excluding carboxylic acids is 1. The predicted octanol–water partition coefficient (Wildman–Crippen LogP) is 3.51. The number of aryl methyl sites for hydroxylation is 1. The molecule has 2 aromatic rings. The molecule has 0 saturated carbocycles. The van der Waals surface area contributed by atoms with E-state index in [0.717, 1.165) is 24.5 Å². The van der Waals surface area contributed by atoms with Crippen molar-refractivity contribution in [3.8, 4) is 0 Å². The summed E-state index contributed by atoms with van der Waals surface area (Å²) in [6.45, 7) is 8.87. The van der Waals surface area contributed by atoms with Gasteiger partial charge in [0.1, 0.15) is 5.69 Å². The molecule has 0 atom stereocenters. The van der Waals surface area contributed by atoms with Crippen molar-refractivity contribution < 1.29 is 4.79 Å². The van der Waals surface area contributed by atoms with E-state index in [1.165, 1.54) is 18.5 Å². The van der Waals surface area contributed by atoms with Crippen molar-refractivity contribution >= 4 is 23.2 Å². The molecule has 3 rings (SSSR count).